The first-order valence-corrected chi connectivity index (χ1v) is 7.45. The van der Waals surface area contributed by atoms with Crippen LogP contribution < -0.4 is 15.4 Å². The summed E-state index contributed by atoms with van der Waals surface area (Å²) >= 11 is 0. The fraction of sp³-hybridized carbons (Fsp3) is 0.500. The van der Waals surface area contributed by atoms with E-state index in [-0.39, 0.29) is 18.2 Å². The normalized spacial score (nSPS) is 11.4. The Kier molecular flexibility index (Phi) is 5.43. The number of sulfonamides is 1. The topological polar surface area (TPSA) is 83.1 Å². The van der Waals surface area contributed by atoms with Crippen molar-refractivity contribution in [2.75, 3.05) is 37.0 Å². The van der Waals surface area contributed by atoms with Crippen molar-refractivity contribution in [1.82, 2.24) is 9.71 Å². The summed E-state index contributed by atoms with van der Waals surface area (Å²) in [5.74, 6) is -1.71. The highest BCUT2D eigenvalue weighted by Gasteiger charge is 2.10. The summed E-state index contributed by atoms with van der Waals surface area (Å²) in [4.78, 5) is 3.73. The lowest BCUT2D eigenvalue weighted by molar-refractivity contribution is 0.576. The van der Waals surface area contributed by atoms with Crippen LogP contribution in [0, 0.1) is 11.6 Å². The highest BCUT2D eigenvalue weighted by atomic mass is 32.2. The van der Waals surface area contributed by atoms with Crippen LogP contribution in [-0.4, -0.2) is 39.8 Å². The van der Waals surface area contributed by atoms with Crippen LogP contribution in [0.25, 0.3) is 0 Å². The van der Waals surface area contributed by atoms with E-state index in [9.17, 15) is 17.2 Å². The zero-order valence-corrected chi connectivity index (χ0v) is 11.4. The molecule has 0 aliphatic carbocycles. The zero-order valence-electron chi connectivity index (χ0n) is 10.6. The molecule has 0 saturated carbocycles. The zero-order chi connectivity index (χ0) is 14.5. The first-order chi connectivity index (χ1) is 8.83. The minimum absolute atomic E-state index is 0.0573. The molecule has 0 fully saturated rings. The van der Waals surface area contributed by atoms with Crippen LogP contribution in [0.2, 0.25) is 0 Å². The molecule has 1 rings (SSSR count). The van der Waals surface area contributed by atoms with Gasteiger partial charge in [-0.15, -0.1) is 0 Å². The van der Waals surface area contributed by atoms with Gasteiger partial charge in [0.2, 0.25) is 10.0 Å². The lowest BCUT2D eigenvalue weighted by atomic mass is 10.3. The second kappa shape index (κ2) is 6.62. The van der Waals surface area contributed by atoms with Crippen LogP contribution >= 0.6 is 0 Å². The van der Waals surface area contributed by atoms with E-state index >= 15 is 0 Å². The Labute approximate surface area is 110 Å². The number of hydrogen-bond donors (Lipinski definition) is 3. The monoisotopic (exact) mass is 294 g/mol. The van der Waals surface area contributed by atoms with E-state index in [2.05, 4.69) is 20.3 Å². The number of aromatic nitrogens is 1. The molecule has 0 unspecified atom stereocenters. The number of pyridine rings is 1. The van der Waals surface area contributed by atoms with Gasteiger partial charge in [0, 0.05) is 26.2 Å². The lowest BCUT2D eigenvalue weighted by Gasteiger charge is -2.09. The molecule has 0 bridgehead atoms. The first-order valence-electron chi connectivity index (χ1n) is 5.56. The third-order valence-electron chi connectivity index (χ3n) is 2.18. The minimum Gasteiger partial charge on any atom is -0.371 e. The standard InChI is InChI=1S/C10H16F2N4O2S/c1-13-9-7(11)6-8(12)10(16-9)14-4-3-5-15-19(2,17)18/h6,15H,3-5H2,1-2H3,(H2,13,14,16). The van der Waals surface area contributed by atoms with E-state index in [0.717, 1.165) is 12.3 Å². The van der Waals surface area contributed by atoms with Gasteiger partial charge in [-0.1, -0.05) is 0 Å². The Morgan fingerprint density at radius 3 is 2.42 bits per heavy atom. The predicted octanol–water partition coefficient (Wildman–Crippen LogP) is 0.753. The number of hydrogen-bond acceptors (Lipinski definition) is 5. The maximum absolute atomic E-state index is 13.4. The predicted molar refractivity (Wildman–Crippen MR) is 69.7 cm³/mol. The van der Waals surface area contributed by atoms with Gasteiger partial charge in [0.05, 0.1) is 6.26 Å². The molecule has 9 heteroatoms. The van der Waals surface area contributed by atoms with Crippen molar-refractivity contribution in [3.05, 3.63) is 17.7 Å². The fourth-order valence-corrected chi connectivity index (χ4v) is 1.83. The molecule has 6 nitrogen and oxygen atoms in total. The molecular weight excluding hydrogens is 278 g/mol. The summed E-state index contributed by atoms with van der Waals surface area (Å²) in [6.07, 6.45) is 1.50. The van der Waals surface area contributed by atoms with Crippen molar-refractivity contribution in [3.8, 4) is 0 Å². The molecule has 0 atom stereocenters. The van der Waals surface area contributed by atoms with E-state index in [1.807, 2.05) is 0 Å². The van der Waals surface area contributed by atoms with Crippen LogP contribution in [0.15, 0.2) is 6.07 Å². The van der Waals surface area contributed by atoms with Gasteiger partial charge in [-0.3, -0.25) is 0 Å². The van der Waals surface area contributed by atoms with Crippen LogP contribution in [0.4, 0.5) is 20.4 Å². The SMILES string of the molecule is CNc1nc(NCCCNS(C)(=O)=O)c(F)cc1F. The first kappa shape index (κ1) is 15.6. The molecule has 1 aromatic heterocycles. The molecule has 0 aromatic carbocycles. The average Bonchev–Trinajstić information content (AvgIpc) is 2.29. The Hall–Kier alpha value is -1.48. The lowest BCUT2D eigenvalue weighted by Crippen LogP contribution is -2.24. The van der Waals surface area contributed by atoms with Crippen LogP contribution in [0.3, 0.4) is 0 Å². The van der Waals surface area contributed by atoms with E-state index < -0.39 is 21.7 Å². The van der Waals surface area contributed by atoms with Gasteiger partial charge in [0.25, 0.3) is 0 Å². The Morgan fingerprint density at radius 1 is 1.21 bits per heavy atom. The van der Waals surface area contributed by atoms with Crippen LogP contribution in [-0.2, 0) is 10.0 Å². The number of anilines is 2. The Morgan fingerprint density at radius 2 is 1.84 bits per heavy atom. The highest BCUT2D eigenvalue weighted by Crippen LogP contribution is 2.18. The van der Waals surface area contributed by atoms with Gasteiger partial charge < -0.3 is 10.6 Å². The largest absolute Gasteiger partial charge is 0.371 e. The van der Waals surface area contributed by atoms with E-state index in [1.54, 1.807) is 0 Å². The third kappa shape index (κ3) is 5.35. The van der Waals surface area contributed by atoms with Gasteiger partial charge in [0.15, 0.2) is 23.3 Å². The molecule has 0 radical (unpaired) electrons. The summed E-state index contributed by atoms with van der Waals surface area (Å²) in [5, 5.41) is 5.17. The summed E-state index contributed by atoms with van der Waals surface area (Å²) in [6, 6.07) is 0.732. The van der Waals surface area contributed by atoms with Gasteiger partial charge in [-0.25, -0.2) is 26.9 Å². The molecule has 0 amide bonds. The highest BCUT2D eigenvalue weighted by molar-refractivity contribution is 7.88. The van der Waals surface area contributed by atoms with Crippen LogP contribution in [0.1, 0.15) is 6.42 Å². The smallest absolute Gasteiger partial charge is 0.208 e. The summed E-state index contributed by atoms with van der Waals surface area (Å²) in [6.45, 7) is 0.536. The van der Waals surface area contributed by atoms with Gasteiger partial charge in [-0.2, -0.15) is 0 Å². The molecule has 0 aliphatic heterocycles. The van der Waals surface area contributed by atoms with E-state index in [0.29, 0.717) is 13.0 Å². The van der Waals surface area contributed by atoms with Crippen molar-refractivity contribution in [3.63, 3.8) is 0 Å². The van der Waals surface area contributed by atoms with Gasteiger partial charge >= 0.3 is 0 Å². The van der Waals surface area contributed by atoms with Crippen molar-refractivity contribution in [1.29, 1.82) is 0 Å². The maximum Gasteiger partial charge on any atom is 0.208 e. The molecule has 1 heterocycles. The summed E-state index contributed by atoms with van der Waals surface area (Å²) < 4.78 is 50.4. The molecule has 108 valence electrons. The second-order valence-electron chi connectivity index (χ2n) is 3.85. The van der Waals surface area contributed by atoms with Crippen molar-refractivity contribution in [2.45, 2.75) is 6.42 Å². The van der Waals surface area contributed by atoms with Crippen molar-refractivity contribution >= 4 is 21.7 Å². The number of nitrogens with zero attached hydrogens (tertiary/aromatic N) is 1. The Bertz CT molecular complexity index is 537. The molecule has 19 heavy (non-hydrogen) atoms. The second-order valence-corrected chi connectivity index (χ2v) is 5.68. The summed E-state index contributed by atoms with van der Waals surface area (Å²) in [7, 11) is -1.75. The van der Waals surface area contributed by atoms with E-state index in [4.69, 9.17) is 0 Å². The minimum atomic E-state index is -3.22. The van der Waals surface area contributed by atoms with Crippen molar-refractivity contribution < 1.29 is 17.2 Å². The maximum atomic E-state index is 13.4. The van der Waals surface area contributed by atoms with E-state index in [1.165, 1.54) is 7.05 Å². The number of nitrogens with one attached hydrogen (secondary N) is 3. The third-order valence-corrected chi connectivity index (χ3v) is 2.91. The van der Waals surface area contributed by atoms with Gasteiger partial charge in [0.1, 0.15) is 0 Å². The molecule has 3 N–H and O–H groups in total. The molecule has 0 spiro atoms. The van der Waals surface area contributed by atoms with Gasteiger partial charge in [-0.05, 0) is 6.42 Å². The molecule has 0 aliphatic rings. The Balaban J connectivity index is 2.49. The quantitative estimate of drug-likeness (QED) is 0.647. The molecule has 1 aromatic rings. The fourth-order valence-electron chi connectivity index (χ4n) is 1.32. The summed E-state index contributed by atoms with van der Waals surface area (Å²) in [5.41, 5.74) is 0. The average molecular weight is 294 g/mol. The number of halogens is 2. The van der Waals surface area contributed by atoms with Crippen molar-refractivity contribution in [2.24, 2.45) is 0 Å². The molecular formula is C10H16F2N4O2S. The molecule has 0 saturated heterocycles. The van der Waals surface area contributed by atoms with Crippen LogP contribution in [0.5, 0.6) is 0 Å². The number of rotatable bonds is 7.